The number of halogens is 1. The molecular formula is C17H13FN2O. The minimum atomic E-state index is -0.581. The van der Waals surface area contributed by atoms with Crippen molar-refractivity contribution in [1.82, 2.24) is 0 Å². The summed E-state index contributed by atoms with van der Waals surface area (Å²) in [7, 11) is 0. The number of hydrogen-bond donors (Lipinski definition) is 1. The topological polar surface area (TPSA) is 59.0 Å². The van der Waals surface area contributed by atoms with Crippen molar-refractivity contribution >= 4 is 0 Å². The number of nitriles is 1. The van der Waals surface area contributed by atoms with Crippen molar-refractivity contribution in [1.29, 1.82) is 5.26 Å². The van der Waals surface area contributed by atoms with Crippen molar-refractivity contribution in [2.45, 2.75) is 6.61 Å². The van der Waals surface area contributed by atoms with E-state index in [1.165, 1.54) is 12.1 Å². The Kier molecular flexibility index (Phi) is 4.93. The predicted molar refractivity (Wildman–Crippen MR) is 77.8 cm³/mol. The quantitative estimate of drug-likeness (QED) is 0.879. The smallest absolute Gasteiger partial charge is 0.144 e. The van der Waals surface area contributed by atoms with Crippen LogP contribution >= 0.6 is 0 Å². The zero-order valence-electron chi connectivity index (χ0n) is 11.3. The fraction of sp³-hybridized carbons (Fsp3) is 0.118. The van der Waals surface area contributed by atoms with Gasteiger partial charge in [0.05, 0.1) is 6.54 Å². The highest BCUT2D eigenvalue weighted by Crippen LogP contribution is 2.21. The van der Waals surface area contributed by atoms with Crippen LogP contribution in [0.4, 0.5) is 4.39 Å². The largest absolute Gasteiger partial charge is 0.487 e. The second kappa shape index (κ2) is 7.09. The Morgan fingerprint density at radius 3 is 2.57 bits per heavy atom. The molecule has 0 saturated carbocycles. The van der Waals surface area contributed by atoms with Gasteiger partial charge in [0.2, 0.25) is 0 Å². The van der Waals surface area contributed by atoms with Gasteiger partial charge in [-0.25, -0.2) is 4.39 Å². The summed E-state index contributed by atoms with van der Waals surface area (Å²) in [6.45, 7) is 0.574. The van der Waals surface area contributed by atoms with E-state index in [0.29, 0.717) is 6.54 Å². The van der Waals surface area contributed by atoms with E-state index in [4.69, 9.17) is 15.7 Å². The molecule has 0 atom stereocenters. The molecule has 2 aromatic carbocycles. The molecule has 4 heteroatoms. The normalized spacial score (nSPS) is 9.38. The van der Waals surface area contributed by atoms with Crippen LogP contribution in [-0.4, -0.2) is 6.54 Å². The Hall–Kier alpha value is -2.82. The average Bonchev–Trinajstić information content (AvgIpc) is 2.52. The van der Waals surface area contributed by atoms with Gasteiger partial charge in [-0.3, -0.25) is 0 Å². The second-order valence-corrected chi connectivity index (χ2v) is 4.22. The molecule has 0 fully saturated rings. The van der Waals surface area contributed by atoms with Crippen LogP contribution in [0, 0.1) is 29.0 Å². The molecule has 0 bridgehead atoms. The number of rotatable bonds is 3. The first kappa shape index (κ1) is 14.6. The first-order valence-corrected chi connectivity index (χ1v) is 6.34. The fourth-order valence-electron chi connectivity index (χ4n) is 1.73. The lowest BCUT2D eigenvalue weighted by molar-refractivity contribution is 0.303. The van der Waals surface area contributed by atoms with Gasteiger partial charge in [0.25, 0.3) is 0 Å². The molecule has 21 heavy (non-hydrogen) atoms. The molecular weight excluding hydrogens is 267 g/mol. The lowest BCUT2D eigenvalue weighted by atomic mass is 10.1. The maximum Gasteiger partial charge on any atom is 0.144 e. The predicted octanol–water partition coefficient (Wildman–Crippen LogP) is 2.59. The van der Waals surface area contributed by atoms with Crippen LogP contribution in [0.15, 0.2) is 42.5 Å². The molecule has 0 radical (unpaired) electrons. The van der Waals surface area contributed by atoms with Crippen molar-refractivity contribution in [3.8, 4) is 23.7 Å². The number of benzene rings is 2. The van der Waals surface area contributed by atoms with Gasteiger partial charge in [-0.2, -0.15) is 5.26 Å². The third-order valence-electron chi connectivity index (χ3n) is 2.77. The molecule has 0 aromatic heterocycles. The van der Waals surface area contributed by atoms with E-state index in [0.717, 1.165) is 11.1 Å². The fourth-order valence-corrected chi connectivity index (χ4v) is 1.73. The van der Waals surface area contributed by atoms with E-state index in [1.807, 2.05) is 24.3 Å². The summed E-state index contributed by atoms with van der Waals surface area (Å²) in [5.74, 6) is 5.35. The van der Waals surface area contributed by atoms with Gasteiger partial charge in [-0.15, -0.1) is 0 Å². The summed E-state index contributed by atoms with van der Waals surface area (Å²) in [5, 5.41) is 8.92. The molecule has 0 unspecified atom stereocenters. The van der Waals surface area contributed by atoms with Crippen molar-refractivity contribution < 1.29 is 9.13 Å². The standard InChI is InChI=1S/C17H13FN2O/c18-16-4-1-5-17(15(16)11-20)21-12-14-8-6-13(7-9-14)3-2-10-19/h1,4-9H,10,12,19H2. The van der Waals surface area contributed by atoms with Gasteiger partial charge in [-0.1, -0.05) is 30.0 Å². The molecule has 0 aliphatic carbocycles. The SMILES string of the molecule is N#Cc1c(F)cccc1OCc1ccc(C#CCN)cc1. The van der Waals surface area contributed by atoms with Gasteiger partial charge >= 0.3 is 0 Å². The molecule has 2 aromatic rings. The van der Waals surface area contributed by atoms with E-state index in [1.54, 1.807) is 12.1 Å². The summed E-state index contributed by atoms with van der Waals surface area (Å²) in [6, 6.07) is 13.6. The Morgan fingerprint density at radius 1 is 1.14 bits per heavy atom. The zero-order valence-corrected chi connectivity index (χ0v) is 11.3. The van der Waals surface area contributed by atoms with E-state index < -0.39 is 5.82 Å². The molecule has 3 nitrogen and oxygen atoms in total. The third kappa shape index (κ3) is 3.82. The molecule has 0 heterocycles. The Morgan fingerprint density at radius 2 is 1.90 bits per heavy atom. The zero-order chi connectivity index (χ0) is 15.1. The Balaban J connectivity index is 2.07. The van der Waals surface area contributed by atoms with Crippen LogP contribution in [0.2, 0.25) is 0 Å². The number of nitrogens with zero attached hydrogens (tertiary/aromatic N) is 1. The molecule has 104 valence electrons. The molecule has 2 rings (SSSR count). The highest BCUT2D eigenvalue weighted by molar-refractivity contribution is 5.44. The van der Waals surface area contributed by atoms with E-state index >= 15 is 0 Å². The summed E-state index contributed by atoms with van der Waals surface area (Å²) in [5.41, 5.74) is 7.00. The summed E-state index contributed by atoms with van der Waals surface area (Å²) < 4.78 is 18.9. The van der Waals surface area contributed by atoms with Crippen molar-refractivity contribution in [3.63, 3.8) is 0 Å². The molecule has 0 saturated heterocycles. The van der Waals surface area contributed by atoms with Gasteiger partial charge in [0.15, 0.2) is 0 Å². The summed E-state index contributed by atoms with van der Waals surface area (Å²) in [6.07, 6.45) is 0. The van der Waals surface area contributed by atoms with Crippen LogP contribution in [0.3, 0.4) is 0 Å². The number of hydrogen-bond acceptors (Lipinski definition) is 3. The lowest BCUT2D eigenvalue weighted by Crippen LogP contribution is -1.98. The highest BCUT2D eigenvalue weighted by Gasteiger charge is 2.08. The van der Waals surface area contributed by atoms with E-state index in [9.17, 15) is 4.39 Å². The highest BCUT2D eigenvalue weighted by atomic mass is 19.1. The van der Waals surface area contributed by atoms with Crippen LogP contribution in [0.25, 0.3) is 0 Å². The van der Waals surface area contributed by atoms with Crippen LogP contribution in [-0.2, 0) is 6.61 Å². The van der Waals surface area contributed by atoms with Crippen molar-refractivity contribution in [2.24, 2.45) is 5.73 Å². The molecule has 0 aliphatic heterocycles. The first-order chi connectivity index (χ1) is 10.2. The Labute approximate surface area is 122 Å². The monoisotopic (exact) mass is 280 g/mol. The summed E-state index contributed by atoms with van der Waals surface area (Å²) in [4.78, 5) is 0. The van der Waals surface area contributed by atoms with Gasteiger partial charge in [0, 0.05) is 5.56 Å². The Bertz CT molecular complexity index is 721. The van der Waals surface area contributed by atoms with Crippen LogP contribution in [0.1, 0.15) is 16.7 Å². The maximum absolute atomic E-state index is 13.4. The molecule has 0 spiro atoms. The molecule has 2 N–H and O–H groups in total. The minimum absolute atomic E-state index is 0.0806. The number of nitrogens with two attached hydrogens (primary N) is 1. The summed E-state index contributed by atoms with van der Waals surface area (Å²) >= 11 is 0. The lowest BCUT2D eigenvalue weighted by Gasteiger charge is -2.08. The van der Waals surface area contributed by atoms with E-state index in [-0.39, 0.29) is 17.9 Å². The van der Waals surface area contributed by atoms with Crippen LogP contribution in [0.5, 0.6) is 5.75 Å². The van der Waals surface area contributed by atoms with Crippen molar-refractivity contribution in [3.05, 3.63) is 65.0 Å². The maximum atomic E-state index is 13.4. The second-order valence-electron chi connectivity index (χ2n) is 4.22. The minimum Gasteiger partial charge on any atom is -0.487 e. The van der Waals surface area contributed by atoms with Crippen LogP contribution < -0.4 is 10.5 Å². The molecule has 0 amide bonds. The third-order valence-corrected chi connectivity index (χ3v) is 2.77. The molecule has 0 aliphatic rings. The first-order valence-electron chi connectivity index (χ1n) is 6.34. The van der Waals surface area contributed by atoms with E-state index in [2.05, 4.69) is 11.8 Å². The van der Waals surface area contributed by atoms with Gasteiger partial charge < -0.3 is 10.5 Å². The van der Waals surface area contributed by atoms with Crippen molar-refractivity contribution in [2.75, 3.05) is 6.54 Å². The van der Waals surface area contributed by atoms with Gasteiger partial charge in [0.1, 0.15) is 29.8 Å². The number of ether oxygens (including phenoxy) is 1. The van der Waals surface area contributed by atoms with Gasteiger partial charge in [-0.05, 0) is 29.8 Å². The average molecular weight is 280 g/mol.